The summed E-state index contributed by atoms with van der Waals surface area (Å²) >= 11 is 0. The van der Waals surface area contributed by atoms with Gasteiger partial charge in [0.15, 0.2) is 0 Å². The van der Waals surface area contributed by atoms with Crippen LogP contribution < -0.4 is 0 Å². The molecule has 3 fully saturated rings. The Morgan fingerprint density at radius 3 is 2.93 bits per heavy atom. The van der Waals surface area contributed by atoms with Crippen LogP contribution >= 0.6 is 0 Å². The van der Waals surface area contributed by atoms with E-state index in [1.165, 1.54) is 12.8 Å². The molecule has 0 spiro atoms. The molecule has 0 radical (unpaired) electrons. The van der Waals surface area contributed by atoms with Crippen LogP contribution in [0.15, 0.2) is 24.4 Å². The number of hydrogen-bond donors (Lipinski definition) is 0. The van der Waals surface area contributed by atoms with Gasteiger partial charge >= 0.3 is 0 Å². The zero-order valence-corrected chi connectivity index (χ0v) is 15.6. The largest absolute Gasteiger partial charge is 0.378 e. The van der Waals surface area contributed by atoms with Gasteiger partial charge in [0.05, 0.1) is 37.5 Å². The van der Waals surface area contributed by atoms with E-state index in [9.17, 15) is 9.59 Å². The molecule has 3 heterocycles. The first kappa shape index (κ1) is 18.4. The molecule has 1 saturated carbocycles. The Kier molecular flexibility index (Phi) is 5.69. The van der Waals surface area contributed by atoms with Crippen molar-refractivity contribution in [1.29, 1.82) is 0 Å². The second kappa shape index (κ2) is 8.35. The van der Waals surface area contributed by atoms with Gasteiger partial charge in [-0.1, -0.05) is 6.07 Å². The predicted octanol–water partition coefficient (Wildman–Crippen LogP) is 1.08. The maximum absolute atomic E-state index is 12.9. The molecule has 2 atom stereocenters. The third-order valence-electron chi connectivity index (χ3n) is 5.45. The molecule has 7 nitrogen and oxygen atoms in total. The molecule has 1 aromatic rings. The van der Waals surface area contributed by atoms with E-state index in [2.05, 4.69) is 4.98 Å². The molecule has 7 heteroatoms. The number of aromatic nitrogens is 1. The summed E-state index contributed by atoms with van der Waals surface area (Å²) in [5.41, 5.74) is 0.846. The van der Waals surface area contributed by atoms with Crippen molar-refractivity contribution >= 4 is 11.8 Å². The van der Waals surface area contributed by atoms with E-state index in [0.717, 1.165) is 18.2 Å². The fraction of sp³-hybridized carbons (Fsp3) is 0.650. The molecule has 0 N–H and O–H groups in total. The van der Waals surface area contributed by atoms with Gasteiger partial charge in [-0.25, -0.2) is 0 Å². The minimum absolute atomic E-state index is 0.0246. The topological polar surface area (TPSA) is 72.0 Å². The third kappa shape index (κ3) is 4.84. The second-order valence-electron chi connectivity index (χ2n) is 7.75. The lowest BCUT2D eigenvalue weighted by molar-refractivity contribution is -0.145. The molecule has 3 aliphatic rings. The zero-order valence-electron chi connectivity index (χ0n) is 15.6. The number of nitrogens with zero attached hydrogens (tertiary/aromatic N) is 3. The monoisotopic (exact) mass is 373 g/mol. The fourth-order valence-corrected chi connectivity index (χ4v) is 3.71. The Bertz CT molecular complexity index is 664. The smallest absolute Gasteiger partial charge is 0.228 e. The van der Waals surface area contributed by atoms with Crippen molar-refractivity contribution in [3.8, 4) is 0 Å². The SMILES string of the molecule is O=C1C[C@@H](C(=O)N2CCO[C@H](COCC3CC3)C2)CN1Cc1ccccn1. The maximum Gasteiger partial charge on any atom is 0.228 e. The highest BCUT2D eigenvalue weighted by molar-refractivity contribution is 5.89. The summed E-state index contributed by atoms with van der Waals surface area (Å²) in [5.74, 6) is 0.534. The van der Waals surface area contributed by atoms with Crippen LogP contribution in [0.25, 0.3) is 0 Å². The van der Waals surface area contributed by atoms with E-state index in [0.29, 0.717) is 39.4 Å². The van der Waals surface area contributed by atoms with E-state index in [4.69, 9.17) is 9.47 Å². The van der Waals surface area contributed by atoms with Crippen LogP contribution in [0.2, 0.25) is 0 Å². The van der Waals surface area contributed by atoms with Crippen molar-refractivity contribution in [2.24, 2.45) is 11.8 Å². The Morgan fingerprint density at radius 1 is 1.26 bits per heavy atom. The number of carbonyl (C=O) groups is 2. The van der Waals surface area contributed by atoms with Crippen molar-refractivity contribution in [3.63, 3.8) is 0 Å². The number of carbonyl (C=O) groups excluding carboxylic acids is 2. The average Bonchev–Trinajstić information content (AvgIpc) is 3.45. The lowest BCUT2D eigenvalue weighted by Crippen LogP contribution is -2.49. The highest BCUT2D eigenvalue weighted by atomic mass is 16.5. The number of likely N-dealkylation sites (tertiary alicyclic amines) is 1. The normalized spacial score (nSPS) is 25.9. The highest BCUT2D eigenvalue weighted by Crippen LogP contribution is 2.29. The van der Waals surface area contributed by atoms with Crippen LogP contribution in [-0.4, -0.2) is 72.2 Å². The summed E-state index contributed by atoms with van der Waals surface area (Å²) in [7, 11) is 0. The van der Waals surface area contributed by atoms with E-state index < -0.39 is 0 Å². The molecule has 2 aliphatic heterocycles. The number of morpholine rings is 1. The summed E-state index contributed by atoms with van der Waals surface area (Å²) in [6.07, 6.45) is 4.47. The standard InChI is InChI=1S/C20H27N3O4/c24-19-9-16(10-23(19)11-17-3-1-2-6-21-17)20(25)22-7-8-27-18(12-22)14-26-13-15-4-5-15/h1-3,6,15-16,18H,4-5,7-14H2/t16-,18+/m1/s1. The van der Waals surface area contributed by atoms with Crippen LogP contribution in [0.1, 0.15) is 25.0 Å². The number of ether oxygens (including phenoxy) is 2. The van der Waals surface area contributed by atoms with E-state index in [1.54, 1.807) is 11.1 Å². The highest BCUT2D eigenvalue weighted by Gasteiger charge is 2.38. The molecule has 1 aromatic heterocycles. The average molecular weight is 373 g/mol. The molecule has 0 aromatic carbocycles. The van der Waals surface area contributed by atoms with Crippen molar-refractivity contribution in [1.82, 2.24) is 14.8 Å². The summed E-state index contributed by atoms with van der Waals surface area (Å²) < 4.78 is 11.5. The van der Waals surface area contributed by atoms with Crippen LogP contribution in [0.5, 0.6) is 0 Å². The lowest BCUT2D eigenvalue weighted by atomic mass is 10.1. The van der Waals surface area contributed by atoms with Gasteiger partial charge in [-0.15, -0.1) is 0 Å². The molecule has 2 saturated heterocycles. The first-order valence-electron chi connectivity index (χ1n) is 9.85. The van der Waals surface area contributed by atoms with Gasteiger partial charge in [-0.2, -0.15) is 0 Å². The fourth-order valence-electron chi connectivity index (χ4n) is 3.71. The van der Waals surface area contributed by atoms with Gasteiger partial charge < -0.3 is 19.3 Å². The molecular weight excluding hydrogens is 346 g/mol. The van der Waals surface area contributed by atoms with Crippen LogP contribution in [0.3, 0.4) is 0 Å². The number of pyridine rings is 1. The van der Waals surface area contributed by atoms with Crippen molar-refractivity contribution in [3.05, 3.63) is 30.1 Å². The van der Waals surface area contributed by atoms with Crippen LogP contribution in [0.4, 0.5) is 0 Å². The van der Waals surface area contributed by atoms with Gasteiger partial charge in [0, 0.05) is 38.9 Å². The number of hydrogen-bond acceptors (Lipinski definition) is 5. The molecular formula is C20H27N3O4. The number of rotatable bonds is 7. The predicted molar refractivity (Wildman–Crippen MR) is 97.6 cm³/mol. The van der Waals surface area contributed by atoms with Crippen molar-refractivity contribution in [2.45, 2.75) is 31.9 Å². The van der Waals surface area contributed by atoms with Crippen molar-refractivity contribution in [2.75, 3.05) is 39.5 Å². The van der Waals surface area contributed by atoms with E-state index >= 15 is 0 Å². The lowest BCUT2D eigenvalue weighted by Gasteiger charge is -2.34. The van der Waals surface area contributed by atoms with Crippen LogP contribution in [0, 0.1) is 11.8 Å². The van der Waals surface area contributed by atoms with Gasteiger partial charge in [-0.05, 0) is 30.9 Å². The van der Waals surface area contributed by atoms with Gasteiger partial charge in [-0.3, -0.25) is 14.6 Å². The minimum atomic E-state index is -0.271. The van der Waals surface area contributed by atoms with Gasteiger partial charge in [0.2, 0.25) is 11.8 Å². The summed E-state index contributed by atoms with van der Waals surface area (Å²) in [6.45, 7) is 3.93. The quantitative estimate of drug-likeness (QED) is 0.715. The first-order chi connectivity index (χ1) is 13.2. The maximum atomic E-state index is 12.9. The Labute approximate surface area is 159 Å². The third-order valence-corrected chi connectivity index (χ3v) is 5.45. The Morgan fingerprint density at radius 2 is 2.15 bits per heavy atom. The van der Waals surface area contributed by atoms with Crippen LogP contribution in [-0.2, 0) is 25.6 Å². The molecule has 2 amide bonds. The summed E-state index contributed by atoms with van der Waals surface area (Å²) in [4.78, 5) is 33.1. The first-order valence-corrected chi connectivity index (χ1v) is 9.85. The van der Waals surface area contributed by atoms with Gasteiger partial charge in [0.25, 0.3) is 0 Å². The Balaban J connectivity index is 1.27. The molecule has 1 aliphatic carbocycles. The van der Waals surface area contributed by atoms with E-state index in [1.807, 2.05) is 23.1 Å². The van der Waals surface area contributed by atoms with Crippen molar-refractivity contribution < 1.29 is 19.1 Å². The Hall–Kier alpha value is -1.99. The molecule has 146 valence electrons. The van der Waals surface area contributed by atoms with E-state index in [-0.39, 0.29) is 30.3 Å². The molecule has 0 unspecified atom stereocenters. The summed E-state index contributed by atoms with van der Waals surface area (Å²) in [6, 6.07) is 5.66. The minimum Gasteiger partial charge on any atom is -0.378 e. The number of amides is 2. The molecule has 27 heavy (non-hydrogen) atoms. The summed E-state index contributed by atoms with van der Waals surface area (Å²) in [5, 5.41) is 0. The second-order valence-corrected chi connectivity index (χ2v) is 7.75. The zero-order chi connectivity index (χ0) is 18.6. The molecule has 4 rings (SSSR count). The van der Waals surface area contributed by atoms with Gasteiger partial charge in [0.1, 0.15) is 0 Å². The molecule has 0 bridgehead atoms.